The first kappa shape index (κ1) is 23.6. The Balaban J connectivity index is 1.36. The molecule has 0 aliphatic carbocycles. The van der Waals surface area contributed by atoms with Gasteiger partial charge >= 0.3 is 0 Å². The molecule has 0 atom stereocenters. The number of likely N-dealkylation sites (tertiary alicyclic amines) is 1. The van der Waals surface area contributed by atoms with Crippen LogP contribution in [0.2, 0.25) is 0 Å². The fraction of sp³-hybridized carbons (Fsp3) is 0.391. The molecule has 1 fully saturated rings. The third kappa shape index (κ3) is 4.87. The van der Waals surface area contributed by atoms with E-state index < -0.39 is 10.0 Å². The van der Waals surface area contributed by atoms with Crippen LogP contribution in [0.4, 0.5) is 4.39 Å². The van der Waals surface area contributed by atoms with Gasteiger partial charge in [-0.15, -0.1) is 0 Å². The lowest BCUT2D eigenvalue weighted by Crippen LogP contribution is -2.41. The first-order chi connectivity index (χ1) is 15.8. The summed E-state index contributed by atoms with van der Waals surface area (Å²) >= 11 is 1.31. The number of rotatable bonds is 7. The summed E-state index contributed by atoms with van der Waals surface area (Å²) in [5, 5.41) is 0.435. The molecule has 0 radical (unpaired) electrons. The summed E-state index contributed by atoms with van der Waals surface area (Å²) in [5.41, 5.74) is 0.770. The normalized spacial score (nSPS) is 15.3. The van der Waals surface area contributed by atoms with Crippen molar-refractivity contribution in [1.29, 1.82) is 0 Å². The van der Waals surface area contributed by atoms with E-state index in [-0.39, 0.29) is 22.7 Å². The van der Waals surface area contributed by atoms with Gasteiger partial charge < -0.3 is 9.64 Å². The van der Waals surface area contributed by atoms with Crippen molar-refractivity contribution >= 4 is 37.5 Å². The van der Waals surface area contributed by atoms with Gasteiger partial charge in [-0.3, -0.25) is 4.79 Å². The number of aromatic nitrogens is 1. The van der Waals surface area contributed by atoms with Crippen molar-refractivity contribution in [2.45, 2.75) is 37.7 Å². The second-order valence-electron chi connectivity index (χ2n) is 7.79. The molecule has 1 aliphatic heterocycles. The molecule has 0 N–H and O–H groups in total. The molecule has 10 heteroatoms. The predicted octanol–water partition coefficient (Wildman–Crippen LogP) is 4.15. The van der Waals surface area contributed by atoms with Crippen LogP contribution in [0.5, 0.6) is 5.19 Å². The smallest absolute Gasteiger partial charge is 0.274 e. The summed E-state index contributed by atoms with van der Waals surface area (Å²) in [6.07, 6.45) is 1.18. The number of piperidine rings is 1. The summed E-state index contributed by atoms with van der Waals surface area (Å²) in [6.45, 7) is 5.40. The molecule has 0 saturated carbocycles. The van der Waals surface area contributed by atoms with Crippen molar-refractivity contribution < 1.29 is 22.3 Å². The minimum Gasteiger partial charge on any atom is -0.467 e. The van der Waals surface area contributed by atoms with E-state index in [0.717, 1.165) is 4.70 Å². The molecular weight excluding hydrogens is 465 g/mol. The SMILES string of the molecule is CCN(CC)S(=O)(=O)c1ccc(C(=O)N2CCC(Oc3nc4c(F)cccc4s3)CC2)cc1. The largest absolute Gasteiger partial charge is 0.467 e. The van der Waals surface area contributed by atoms with Crippen LogP contribution >= 0.6 is 11.3 Å². The lowest BCUT2D eigenvalue weighted by Gasteiger charge is -2.31. The molecule has 2 heterocycles. The Morgan fingerprint density at radius 1 is 1.15 bits per heavy atom. The Hall–Kier alpha value is -2.56. The molecule has 1 saturated heterocycles. The predicted molar refractivity (Wildman–Crippen MR) is 126 cm³/mol. The third-order valence-electron chi connectivity index (χ3n) is 5.79. The molecule has 7 nitrogen and oxygen atoms in total. The molecule has 0 spiro atoms. The monoisotopic (exact) mass is 491 g/mol. The van der Waals surface area contributed by atoms with Crippen LogP contribution < -0.4 is 4.74 Å². The molecule has 4 rings (SSSR count). The third-order valence-corrected chi connectivity index (χ3v) is 8.77. The highest BCUT2D eigenvalue weighted by atomic mass is 32.2. The number of nitrogens with zero attached hydrogens (tertiary/aromatic N) is 3. The summed E-state index contributed by atoms with van der Waals surface area (Å²) in [7, 11) is -3.55. The quantitative estimate of drug-likeness (QED) is 0.496. The van der Waals surface area contributed by atoms with Crippen LogP contribution in [0.15, 0.2) is 47.4 Å². The summed E-state index contributed by atoms with van der Waals surface area (Å²) in [4.78, 5) is 19.1. The summed E-state index contributed by atoms with van der Waals surface area (Å²) in [5.74, 6) is -0.503. The molecule has 1 aromatic heterocycles. The zero-order valence-electron chi connectivity index (χ0n) is 18.5. The fourth-order valence-electron chi connectivity index (χ4n) is 3.93. The van der Waals surface area contributed by atoms with Gasteiger partial charge in [-0.2, -0.15) is 9.29 Å². The number of ether oxygens (including phenoxy) is 1. The molecule has 2 aromatic carbocycles. The van der Waals surface area contributed by atoms with Gasteiger partial charge in [0.25, 0.3) is 11.1 Å². The van der Waals surface area contributed by atoms with E-state index in [2.05, 4.69) is 4.98 Å². The van der Waals surface area contributed by atoms with Crippen LogP contribution in [0, 0.1) is 5.82 Å². The summed E-state index contributed by atoms with van der Waals surface area (Å²) in [6, 6.07) is 10.9. The van der Waals surface area contributed by atoms with Crippen LogP contribution in [0.3, 0.4) is 0 Å². The lowest BCUT2D eigenvalue weighted by molar-refractivity contribution is 0.0595. The van der Waals surface area contributed by atoms with Crippen molar-refractivity contribution in [3.05, 3.63) is 53.8 Å². The molecule has 176 valence electrons. The Kier molecular flexibility index (Phi) is 6.96. The van der Waals surface area contributed by atoms with E-state index in [1.807, 2.05) is 6.07 Å². The van der Waals surface area contributed by atoms with Crippen molar-refractivity contribution in [3.63, 3.8) is 0 Å². The minimum atomic E-state index is -3.55. The molecule has 3 aromatic rings. The number of hydrogen-bond acceptors (Lipinski definition) is 6. The number of hydrogen-bond donors (Lipinski definition) is 0. The topological polar surface area (TPSA) is 79.8 Å². The number of benzene rings is 2. The van der Waals surface area contributed by atoms with Crippen molar-refractivity contribution in [2.24, 2.45) is 0 Å². The highest BCUT2D eigenvalue weighted by Gasteiger charge is 2.27. The van der Waals surface area contributed by atoms with Gasteiger partial charge in [0.15, 0.2) is 0 Å². The standard InChI is InChI=1S/C23H26FN3O4S2/c1-3-27(4-2)33(29,30)18-10-8-16(9-11-18)22(28)26-14-12-17(13-15-26)31-23-25-21-19(24)6-5-7-20(21)32-23/h5-11,17H,3-4,12-15H2,1-2H3. The Morgan fingerprint density at radius 2 is 1.82 bits per heavy atom. The van der Waals surface area contributed by atoms with E-state index in [1.54, 1.807) is 36.9 Å². The first-order valence-electron chi connectivity index (χ1n) is 10.9. The lowest BCUT2D eigenvalue weighted by atomic mass is 10.1. The molecule has 33 heavy (non-hydrogen) atoms. The highest BCUT2D eigenvalue weighted by molar-refractivity contribution is 7.89. The minimum absolute atomic E-state index is 0.0979. The number of carbonyl (C=O) groups is 1. The zero-order chi connectivity index (χ0) is 23.6. The average Bonchev–Trinajstić information content (AvgIpc) is 3.24. The molecule has 1 aliphatic rings. The van der Waals surface area contributed by atoms with E-state index in [1.165, 1.54) is 33.8 Å². The maximum atomic E-state index is 13.9. The molecule has 0 bridgehead atoms. The van der Waals surface area contributed by atoms with Crippen molar-refractivity contribution in [1.82, 2.24) is 14.2 Å². The fourth-order valence-corrected chi connectivity index (χ4v) is 6.28. The van der Waals surface area contributed by atoms with E-state index in [0.29, 0.717) is 55.3 Å². The number of para-hydroxylation sites is 1. The van der Waals surface area contributed by atoms with Gasteiger partial charge in [-0.05, 0) is 36.4 Å². The maximum Gasteiger partial charge on any atom is 0.274 e. The highest BCUT2D eigenvalue weighted by Crippen LogP contribution is 2.31. The number of halogens is 1. The average molecular weight is 492 g/mol. The number of amides is 1. The van der Waals surface area contributed by atoms with Crippen LogP contribution in [0.1, 0.15) is 37.0 Å². The number of fused-ring (bicyclic) bond motifs is 1. The molecule has 1 amide bonds. The molecular formula is C23H26FN3O4S2. The zero-order valence-corrected chi connectivity index (χ0v) is 20.2. The van der Waals surface area contributed by atoms with E-state index in [9.17, 15) is 17.6 Å². The van der Waals surface area contributed by atoms with Crippen LogP contribution in [0.25, 0.3) is 10.2 Å². The number of thiazole rings is 1. The Bertz CT molecular complexity index is 1230. The first-order valence-corrected chi connectivity index (χ1v) is 13.2. The second kappa shape index (κ2) is 9.74. The van der Waals surface area contributed by atoms with Gasteiger partial charge in [0.05, 0.1) is 9.60 Å². The summed E-state index contributed by atoms with van der Waals surface area (Å²) < 4.78 is 47.2. The van der Waals surface area contributed by atoms with Gasteiger partial charge in [0.2, 0.25) is 10.0 Å². The van der Waals surface area contributed by atoms with Crippen LogP contribution in [-0.2, 0) is 10.0 Å². The maximum absolute atomic E-state index is 13.9. The van der Waals surface area contributed by atoms with Crippen LogP contribution in [-0.4, -0.2) is 60.8 Å². The van der Waals surface area contributed by atoms with Crippen molar-refractivity contribution in [3.8, 4) is 5.19 Å². The van der Waals surface area contributed by atoms with Gasteiger partial charge in [0, 0.05) is 44.6 Å². The van der Waals surface area contributed by atoms with Gasteiger partial charge in [-0.25, -0.2) is 12.8 Å². The second-order valence-corrected chi connectivity index (χ2v) is 10.7. The molecule has 0 unspecified atom stereocenters. The van der Waals surface area contributed by atoms with E-state index >= 15 is 0 Å². The number of sulfonamides is 1. The van der Waals surface area contributed by atoms with E-state index in [4.69, 9.17) is 4.74 Å². The van der Waals surface area contributed by atoms with Gasteiger partial charge in [-0.1, -0.05) is 31.3 Å². The van der Waals surface area contributed by atoms with Gasteiger partial charge in [0.1, 0.15) is 17.4 Å². The Morgan fingerprint density at radius 3 is 2.42 bits per heavy atom. The number of carbonyl (C=O) groups excluding carboxylic acids is 1. The Labute approximate surface area is 196 Å². The van der Waals surface area contributed by atoms with Crippen molar-refractivity contribution in [2.75, 3.05) is 26.2 Å².